The Morgan fingerprint density at radius 2 is 2.16 bits per heavy atom. The third-order valence-corrected chi connectivity index (χ3v) is 3.47. The summed E-state index contributed by atoms with van der Waals surface area (Å²) in [6, 6.07) is 7.15. The number of nitrogens with two attached hydrogens (primary N) is 1. The van der Waals surface area contributed by atoms with Crippen molar-refractivity contribution >= 4 is 44.9 Å². The number of aromatic nitrogens is 2. The summed E-state index contributed by atoms with van der Waals surface area (Å²) in [6.07, 6.45) is 0. The van der Waals surface area contributed by atoms with Crippen LogP contribution in [0.4, 0.5) is 17.3 Å². The van der Waals surface area contributed by atoms with Gasteiger partial charge in [0.1, 0.15) is 18.2 Å². The molecule has 0 unspecified atom stereocenters. The highest BCUT2D eigenvalue weighted by molar-refractivity contribution is 9.10. The Kier molecular flexibility index (Phi) is 4.57. The predicted molar refractivity (Wildman–Crippen MR) is 79.6 cm³/mol. The van der Waals surface area contributed by atoms with Crippen molar-refractivity contribution < 1.29 is 4.74 Å². The van der Waals surface area contributed by atoms with E-state index in [1.165, 1.54) is 0 Å². The zero-order valence-electron chi connectivity index (χ0n) is 10.2. The van der Waals surface area contributed by atoms with Crippen molar-refractivity contribution in [2.24, 2.45) is 0 Å². The molecule has 0 spiro atoms. The van der Waals surface area contributed by atoms with Gasteiger partial charge in [-0.15, -0.1) is 0 Å². The van der Waals surface area contributed by atoms with E-state index in [2.05, 4.69) is 31.2 Å². The first-order valence-electron chi connectivity index (χ1n) is 5.43. The fourth-order valence-electron chi connectivity index (χ4n) is 1.50. The van der Waals surface area contributed by atoms with E-state index in [4.69, 9.17) is 22.1 Å². The second kappa shape index (κ2) is 6.18. The van der Waals surface area contributed by atoms with Gasteiger partial charge in [0.05, 0.1) is 5.02 Å². The van der Waals surface area contributed by atoms with Crippen LogP contribution in [0.5, 0.6) is 0 Å². The van der Waals surface area contributed by atoms with Crippen LogP contribution in [0.2, 0.25) is 5.02 Å². The summed E-state index contributed by atoms with van der Waals surface area (Å²) in [5.41, 5.74) is 6.57. The lowest BCUT2D eigenvalue weighted by molar-refractivity contribution is 0.178. The zero-order chi connectivity index (χ0) is 13.8. The lowest BCUT2D eigenvalue weighted by Crippen LogP contribution is -2.04. The molecule has 0 saturated carbocycles. The monoisotopic (exact) mass is 342 g/mol. The van der Waals surface area contributed by atoms with Gasteiger partial charge in [0, 0.05) is 23.3 Å². The first-order chi connectivity index (χ1) is 9.08. The van der Waals surface area contributed by atoms with Gasteiger partial charge in [-0.1, -0.05) is 11.6 Å². The van der Waals surface area contributed by atoms with E-state index in [0.717, 1.165) is 10.2 Å². The maximum atomic E-state index is 5.94. The third-order valence-electron chi connectivity index (χ3n) is 2.26. The van der Waals surface area contributed by atoms with E-state index >= 15 is 0 Å². The lowest BCUT2D eigenvalue weighted by Gasteiger charge is -2.09. The molecule has 0 saturated heterocycles. The average Bonchev–Trinajstić information content (AvgIpc) is 2.33. The first kappa shape index (κ1) is 14.0. The summed E-state index contributed by atoms with van der Waals surface area (Å²) in [5.74, 6) is 1.52. The van der Waals surface area contributed by atoms with Gasteiger partial charge in [0.25, 0.3) is 0 Å². The van der Waals surface area contributed by atoms with Crippen molar-refractivity contribution in [1.29, 1.82) is 0 Å². The van der Waals surface area contributed by atoms with E-state index in [9.17, 15) is 0 Å². The maximum Gasteiger partial charge on any atom is 0.158 e. The third kappa shape index (κ3) is 3.79. The quantitative estimate of drug-likeness (QED) is 0.890. The number of nitrogens with one attached hydrogen (secondary N) is 1. The lowest BCUT2D eigenvalue weighted by atomic mass is 10.3. The van der Waals surface area contributed by atoms with E-state index in [1.807, 2.05) is 12.1 Å². The summed E-state index contributed by atoms with van der Waals surface area (Å²) in [7, 11) is 1.58. The van der Waals surface area contributed by atoms with Crippen LogP contribution in [0.1, 0.15) is 5.82 Å². The van der Waals surface area contributed by atoms with Gasteiger partial charge in [0.2, 0.25) is 0 Å². The molecular weight excluding hydrogens is 332 g/mol. The molecule has 100 valence electrons. The molecule has 19 heavy (non-hydrogen) atoms. The highest BCUT2D eigenvalue weighted by Gasteiger charge is 2.04. The molecule has 0 fully saturated rings. The SMILES string of the molecule is COCc1nc(N)cc(Nc2ccc(Cl)c(Br)c2)n1. The van der Waals surface area contributed by atoms with Gasteiger partial charge in [-0.3, -0.25) is 0 Å². The van der Waals surface area contributed by atoms with Crippen LogP contribution >= 0.6 is 27.5 Å². The second-order valence-electron chi connectivity index (χ2n) is 3.78. The van der Waals surface area contributed by atoms with Crippen LogP contribution in [0, 0.1) is 0 Å². The molecule has 0 aliphatic heterocycles. The van der Waals surface area contributed by atoms with E-state index in [1.54, 1.807) is 19.2 Å². The number of benzene rings is 1. The van der Waals surface area contributed by atoms with Crippen LogP contribution in [0.25, 0.3) is 0 Å². The molecule has 0 aliphatic carbocycles. The largest absolute Gasteiger partial charge is 0.384 e. The van der Waals surface area contributed by atoms with Crippen LogP contribution in [-0.4, -0.2) is 17.1 Å². The van der Waals surface area contributed by atoms with Crippen molar-refractivity contribution in [3.05, 3.63) is 39.6 Å². The number of nitrogen functional groups attached to an aromatic ring is 1. The molecule has 2 rings (SSSR count). The number of nitrogens with zero attached hydrogens (tertiary/aromatic N) is 2. The minimum atomic E-state index is 0.310. The Morgan fingerprint density at radius 1 is 1.37 bits per heavy atom. The summed E-state index contributed by atoms with van der Waals surface area (Å²) in [4.78, 5) is 8.36. The molecule has 7 heteroatoms. The van der Waals surface area contributed by atoms with Crippen LogP contribution < -0.4 is 11.1 Å². The molecule has 1 heterocycles. The topological polar surface area (TPSA) is 73.1 Å². The van der Waals surface area contributed by atoms with Gasteiger partial charge < -0.3 is 15.8 Å². The zero-order valence-corrected chi connectivity index (χ0v) is 12.5. The van der Waals surface area contributed by atoms with Gasteiger partial charge in [-0.25, -0.2) is 9.97 Å². The molecule has 0 radical (unpaired) electrons. The molecule has 3 N–H and O–H groups in total. The van der Waals surface area contributed by atoms with Gasteiger partial charge >= 0.3 is 0 Å². The molecule has 5 nitrogen and oxygen atoms in total. The maximum absolute atomic E-state index is 5.94. The molecule has 0 atom stereocenters. The van der Waals surface area contributed by atoms with Crippen molar-refractivity contribution in [1.82, 2.24) is 9.97 Å². The van der Waals surface area contributed by atoms with E-state index in [0.29, 0.717) is 29.1 Å². The van der Waals surface area contributed by atoms with Gasteiger partial charge in [-0.2, -0.15) is 0 Å². The van der Waals surface area contributed by atoms with Crippen LogP contribution in [-0.2, 0) is 11.3 Å². The second-order valence-corrected chi connectivity index (χ2v) is 5.04. The Morgan fingerprint density at radius 3 is 2.84 bits per heavy atom. The number of hydrogen-bond donors (Lipinski definition) is 2. The normalized spacial score (nSPS) is 10.5. The molecule has 1 aromatic heterocycles. The smallest absolute Gasteiger partial charge is 0.158 e. The number of methoxy groups -OCH3 is 1. The van der Waals surface area contributed by atoms with Gasteiger partial charge in [-0.05, 0) is 34.1 Å². The fraction of sp³-hybridized carbons (Fsp3) is 0.167. The number of hydrogen-bond acceptors (Lipinski definition) is 5. The number of rotatable bonds is 4. The molecule has 1 aromatic carbocycles. The summed E-state index contributed by atoms with van der Waals surface area (Å²) < 4.78 is 5.79. The molecule has 2 aromatic rings. The molecule has 0 amide bonds. The Bertz CT molecular complexity index is 594. The van der Waals surface area contributed by atoms with Crippen LogP contribution in [0.3, 0.4) is 0 Å². The first-order valence-corrected chi connectivity index (χ1v) is 6.60. The minimum Gasteiger partial charge on any atom is -0.384 e. The van der Waals surface area contributed by atoms with Gasteiger partial charge in [0.15, 0.2) is 5.82 Å². The summed E-state index contributed by atoms with van der Waals surface area (Å²) in [5, 5.41) is 3.78. The highest BCUT2D eigenvalue weighted by atomic mass is 79.9. The average molecular weight is 344 g/mol. The number of ether oxygens (including phenoxy) is 1. The number of halogens is 2. The predicted octanol–water partition coefficient (Wildman–Crippen LogP) is 3.36. The summed E-state index contributed by atoms with van der Waals surface area (Å²) >= 11 is 9.30. The summed E-state index contributed by atoms with van der Waals surface area (Å²) in [6.45, 7) is 0.310. The molecular formula is C12H12BrClN4O. The Balaban J connectivity index is 2.24. The fourth-order valence-corrected chi connectivity index (χ4v) is 1.99. The number of anilines is 3. The van der Waals surface area contributed by atoms with Crippen molar-refractivity contribution in [3.63, 3.8) is 0 Å². The minimum absolute atomic E-state index is 0.310. The van der Waals surface area contributed by atoms with Crippen molar-refractivity contribution in [2.45, 2.75) is 6.61 Å². The highest BCUT2D eigenvalue weighted by Crippen LogP contribution is 2.27. The molecule has 0 bridgehead atoms. The van der Waals surface area contributed by atoms with Crippen molar-refractivity contribution in [3.8, 4) is 0 Å². The standard InChI is InChI=1S/C12H12BrClN4O/c1-19-6-12-17-10(15)5-11(18-12)16-7-2-3-9(14)8(13)4-7/h2-5H,6H2,1H3,(H3,15,16,17,18). The van der Waals surface area contributed by atoms with E-state index < -0.39 is 0 Å². The molecule has 0 aliphatic rings. The van der Waals surface area contributed by atoms with Crippen LogP contribution in [0.15, 0.2) is 28.7 Å². The Hall–Kier alpha value is -1.37. The van der Waals surface area contributed by atoms with E-state index in [-0.39, 0.29) is 0 Å². The van der Waals surface area contributed by atoms with Crippen molar-refractivity contribution in [2.75, 3.05) is 18.2 Å². The Labute approximate surface area is 124 Å².